The number of nitrogens with one attached hydrogen (secondary N) is 1. The highest BCUT2D eigenvalue weighted by atomic mass is 16.5. The van der Waals surface area contributed by atoms with Crippen LogP contribution < -0.4 is 14.8 Å². The Balaban J connectivity index is 1.52. The van der Waals surface area contributed by atoms with Gasteiger partial charge in [0.25, 0.3) is 0 Å². The maximum atomic E-state index is 12.8. The molecule has 4 rings (SSSR count). The zero-order chi connectivity index (χ0) is 20.4. The number of benzene rings is 2. The monoisotopic (exact) mass is 393 g/mol. The Morgan fingerprint density at radius 2 is 1.86 bits per heavy atom. The molecule has 1 aliphatic rings. The number of furan rings is 1. The van der Waals surface area contributed by atoms with Crippen LogP contribution in [0.2, 0.25) is 0 Å². The van der Waals surface area contributed by atoms with Crippen LogP contribution in [-0.2, 0) is 11.2 Å². The average Bonchev–Trinajstić information content (AvgIpc) is 2.93. The van der Waals surface area contributed by atoms with Crippen LogP contribution >= 0.6 is 0 Å². The topological polar surface area (TPSA) is 60.7 Å². The van der Waals surface area contributed by atoms with Gasteiger partial charge in [0.1, 0.15) is 5.58 Å². The van der Waals surface area contributed by atoms with Gasteiger partial charge in [0, 0.05) is 17.4 Å². The van der Waals surface area contributed by atoms with Gasteiger partial charge >= 0.3 is 0 Å². The van der Waals surface area contributed by atoms with Crippen LogP contribution in [0.25, 0.3) is 11.0 Å². The molecule has 29 heavy (non-hydrogen) atoms. The summed E-state index contributed by atoms with van der Waals surface area (Å²) in [4.78, 5) is 12.8. The molecule has 0 aliphatic carbocycles. The highest BCUT2D eigenvalue weighted by Gasteiger charge is 2.22. The van der Waals surface area contributed by atoms with E-state index in [0.29, 0.717) is 13.2 Å². The Morgan fingerprint density at radius 1 is 1.07 bits per heavy atom. The molecule has 2 aromatic carbocycles. The lowest BCUT2D eigenvalue weighted by atomic mass is 9.95. The number of aryl methyl sites for hydroxylation is 1. The quantitative estimate of drug-likeness (QED) is 0.666. The van der Waals surface area contributed by atoms with Crippen LogP contribution in [0.3, 0.4) is 0 Å². The summed E-state index contributed by atoms with van der Waals surface area (Å²) >= 11 is 0. The van der Waals surface area contributed by atoms with E-state index in [1.54, 1.807) is 6.26 Å². The maximum Gasteiger partial charge on any atom is 0.225 e. The lowest BCUT2D eigenvalue weighted by Gasteiger charge is -2.24. The average molecular weight is 393 g/mol. The summed E-state index contributed by atoms with van der Waals surface area (Å²) in [5.74, 6) is 1.71. The SMILES string of the molecule is Cc1ccc2c(CC(=O)NC(c3ccc4c(c3)OCCCO4)C(C)C)coc2c1. The second-order valence-corrected chi connectivity index (χ2v) is 7.98. The zero-order valence-electron chi connectivity index (χ0n) is 17.2. The van der Waals surface area contributed by atoms with Gasteiger partial charge in [0.15, 0.2) is 11.5 Å². The molecule has 5 heteroatoms. The van der Waals surface area contributed by atoms with Gasteiger partial charge in [-0.25, -0.2) is 0 Å². The van der Waals surface area contributed by atoms with Gasteiger partial charge in [-0.15, -0.1) is 0 Å². The van der Waals surface area contributed by atoms with Crippen LogP contribution in [0, 0.1) is 12.8 Å². The summed E-state index contributed by atoms with van der Waals surface area (Å²) in [5, 5.41) is 4.18. The molecule has 1 amide bonds. The minimum Gasteiger partial charge on any atom is -0.490 e. The van der Waals surface area contributed by atoms with Gasteiger partial charge in [-0.05, 0) is 42.2 Å². The van der Waals surface area contributed by atoms with Crippen LogP contribution in [0.15, 0.2) is 47.1 Å². The number of hydrogen-bond donors (Lipinski definition) is 1. The number of carbonyl (C=O) groups is 1. The molecule has 1 N–H and O–H groups in total. The lowest BCUT2D eigenvalue weighted by molar-refractivity contribution is -0.121. The van der Waals surface area contributed by atoms with Crippen molar-refractivity contribution in [3.63, 3.8) is 0 Å². The number of rotatable bonds is 5. The van der Waals surface area contributed by atoms with E-state index < -0.39 is 0 Å². The summed E-state index contributed by atoms with van der Waals surface area (Å²) in [6.45, 7) is 7.53. The van der Waals surface area contributed by atoms with Crippen LogP contribution in [0.4, 0.5) is 0 Å². The van der Waals surface area contributed by atoms with Crippen molar-refractivity contribution in [2.24, 2.45) is 5.92 Å². The third kappa shape index (κ3) is 4.24. The van der Waals surface area contributed by atoms with E-state index in [2.05, 4.69) is 19.2 Å². The summed E-state index contributed by atoms with van der Waals surface area (Å²) in [5.41, 5.74) is 3.87. The van der Waals surface area contributed by atoms with E-state index in [0.717, 1.165) is 45.6 Å². The smallest absolute Gasteiger partial charge is 0.225 e. The molecule has 1 aliphatic heterocycles. The Labute approximate surface area is 171 Å². The molecule has 5 nitrogen and oxygen atoms in total. The van der Waals surface area contributed by atoms with Crippen molar-refractivity contribution in [2.75, 3.05) is 13.2 Å². The van der Waals surface area contributed by atoms with E-state index in [1.807, 2.05) is 43.3 Å². The standard InChI is InChI=1S/C24H27NO4/c1-15(2)24(17-6-8-20-22(12-17)28-10-4-9-27-20)25-23(26)13-18-14-29-21-11-16(3)5-7-19(18)21/h5-8,11-12,14-15,24H,4,9-10,13H2,1-3H3,(H,25,26). The van der Waals surface area contributed by atoms with Gasteiger partial charge in [0.2, 0.25) is 5.91 Å². The largest absolute Gasteiger partial charge is 0.490 e. The first-order chi connectivity index (χ1) is 14.0. The zero-order valence-corrected chi connectivity index (χ0v) is 17.2. The molecule has 0 saturated carbocycles. The highest BCUT2D eigenvalue weighted by molar-refractivity contribution is 5.88. The predicted molar refractivity (Wildman–Crippen MR) is 112 cm³/mol. The first-order valence-electron chi connectivity index (χ1n) is 10.2. The van der Waals surface area contributed by atoms with E-state index >= 15 is 0 Å². The fourth-order valence-corrected chi connectivity index (χ4v) is 3.73. The molecule has 2 heterocycles. The predicted octanol–water partition coefficient (Wildman–Crippen LogP) is 4.96. The molecule has 1 atom stereocenters. The Bertz CT molecular complexity index is 1020. The number of carbonyl (C=O) groups excluding carboxylic acids is 1. The molecule has 1 aromatic heterocycles. The highest BCUT2D eigenvalue weighted by Crippen LogP contribution is 2.34. The number of fused-ring (bicyclic) bond motifs is 2. The third-order valence-corrected chi connectivity index (χ3v) is 5.28. The number of ether oxygens (including phenoxy) is 2. The minimum absolute atomic E-state index is 0.0286. The summed E-state index contributed by atoms with van der Waals surface area (Å²) < 4.78 is 17.2. The van der Waals surface area contributed by atoms with Gasteiger partial charge in [-0.2, -0.15) is 0 Å². The Kier molecular flexibility index (Phi) is 5.47. The van der Waals surface area contributed by atoms with Gasteiger partial charge < -0.3 is 19.2 Å². The third-order valence-electron chi connectivity index (χ3n) is 5.28. The van der Waals surface area contributed by atoms with Gasteiger partial charge in [-0.1, -0.05) is 32.0 Å². The lowest BCUT2D eigenvalue weighted by Crippen LogP contribution is -2.32. The Morgan fingerprint density at radius 3 is 2.66 bits per heavy atom. The molecular weight excluding hydrogens is 366 g/mol. The first kappa shape index (κ1) is 19.4. The normalized spacial score (nSPS) is 14.6. The molecular formula is C24H27NO4. The minimum atomic E-state index is -0.111. The maximum absolute atomic E-state index is 12.8. The van der Waals surface area contributed by atoms with E-state index in [-0.39, 0.29) is 24.3 Å². The van der Waals surface area contributed by atoms with Crippen molar-refractivity contribution in [2.45, 2.75) is 39.7 Å². The summed E-state index contributed by atoms with van der Waals surface area (Å²) in [6.07, 6.45) is 2.83. The van der Waals surface area contributed by atoms with Crippen molar-refractivity contribution in [1.82, 2.24) is 5.32 Å². The van der Waals surface area contributed by atoms with Gasteiger partial charge in [-0.3, -0.25) is 4.79 Å². The molecule has 0 saturated heterocycles. The van der Waals surface area contributed by atoms with E-state index in [4.69, 9.17) is 13.9 Å². The fourth-order valence-electron chi connectivity index (χ4n) is 3.73. The van der Waals surface area contributed by atoms with Gasteiger partial charge in [0.05, 0.1) is 31.9 Å². The molecule has 0 radical (unpaired) electrons. The second-order valence-electron chi connectivity index (χ2n) is 7.98. The second kappa shape index (κ2) is 8.19. The van der Waals surface area contributed by atoms with Crippen molar-refractivity contribution in [3.8, 4) is 11.5 Å². The van der Waals surface area contributed by atoms with Crippen molar-refractivity contribution < 1.29 is 18.7 Å². The van der Waals surface area contributed by atoms with Crippen LogP contribution in [0.1, 0.15) is 43.0 Å². The molecule has 0 spiro atoms. The van der Waals surface area contributed by atoms with Crippen LogP contribution in [-0.4, -0.2) is 19.1 Å². The molecule has 3 aromatic rings. The molecule has 0 bridgehead atoms. The van der Waals surface area contributed by atoms with E-state index in [1.165, 1.54) is 0 Å². The van der Waals surface area contributed by atoms with Crippen molar-refractivity contribution in [1.29, 1.82) is 0 Å². The van der Waals surface area contributed by atoms with Crippen molar-refractivity contribution in [3.05, 3.63) is 59.4 Å². The molecule has 0 fully saturated rings. The Hall–Kier alpha value is -2.95. The van der Waals surface area contributed by atoms with Crippen molar-refractivity contribution >= 4 is 16.9 Å². The molecule has 1 unspecified atom stereocenters. The number of amides is 1. The summed E-state index contributed by atoms with van der Waals surface area (Å²) in [7, 11) is 0. The number of hydrogen-bond acceptors (Lipinski definition) is 4. The van der Waals surface area contributed by atoms with E-state index in [9.17, 15) is 4.79 Å². The first-order valence-corrected chi connectivity index (χ1v) is 10.2. The summed E-state index contributed by atoms with van der Waals surface area (Å²) in [6, 6.07) is 11.9. The van der Waals surface area contributed by atoms with Crippen LogP contribution in [0.5, 0.6) is 11.5 Å². The fraction of sp³-hybridized carbons (Fsp3) is 0.375. The molecule has 152 valence electrons.